The molecule has 1 atom stereocenters. The molecule has 1 aromatic carbocycles. The van der Waals surface area contributed by atoms with Crippen LogP contribution in [0, 0.1) is 6.92 Å². The summed E-state index contributed by atoms with van der Waals surface area (Å²) in [7, 11) is 1.83. The van der Waals surface area contributed by atoms with Crippen LogP contribution < -0.4 is 10.6 Å². The number of fused-ring (bicyclic) bond motifs is 1. The van der Waals surface area contributed by atoms with Crippen LogP contribution in [0.5, 0.6) is 0 Å². The Balaban J connectivity index is 1.47. The van der Waals surface area contributed by atoms with Crippen molar-refractivity contribution in [1.82, 2.24) is 15.5 Å². The molecule has 5 heteroatoms. The molecule has 2 N–H and O–H groups in total. The van der Waals surface area contributed by atoms with Crippen molar-refractivity contribution in [2.45, 2.75) is 39.4 Å². The van der Waals surface area contributed by atoms with Crippen LogP contribution in [0.15, 0.2) is 40.7 Å². The molecule has 0 aliphatic carbocycles. The Kier molecular flexibility index (Phi) is 6.10. The number of rotatable bonds is 5. The highest BCUT2D eigenvalue weighted by molar-refractivity contribution is 7.10. The minimum atomic E-state index is 0.477. The van der Waals surface area contributed by atoms with Gasteiger partial charge in [0, 0.05) is 44.1 Å². The number of aryl methyl sites for hydroxylation is 1. The molecule has 0 saturated heterocycles. The molecule has 3 rings (SSSR count). The van der Waals surface area contributed by atoms with Gasteiger partial charge in [-0.3, -0.25) is 9.89 Å². The van der Waals surface area contributed by atoms with E-state index < -0.39 is 0 Å². The van der Waals surface area contributed by atoms with Crippen LogP contribution in [0.2, 0.25) is 0 Å². The Hall–Kier alpha value is -1.85. The van der Waals surface area contributed by atoms with E-state index in [1.165, 1.54) is 23.1 Å². The third-order valence-electron chi connectivity index (χ3n) is 4.96. The molecule has 1 unspecified atom stereocenters. The summed E-state index contributed by atoms with van der Waals surface area (Å²) in [6, 6.07) is 11.2. The first kappa shape index (κ1) is 18.0. The van der Waals surface area contributed by atoms with Gasteiger partial charge in [0.25, 0.3) is 0 Å². The van der Waals surface area contributed by atoms with E-state index in [1.807, 2.05) is 18.4 Å². The summed E-state index contributed by atoms with van der Waals surface area (Å²) in [4.78, 5) is 8.47. The quantitative estimate of drug-likeness (QED) is 0.638. The molecule has 25 heavy (non-hydrogen) atoms. The molecule has 0 radical (unpaired) electrons. The molecule has 2 aromatic rings. The lowest BCUT2D eigenvalue weighted by Crippen LogP contribution is -2.47. The molecule has 134 valence electrons. The number of thiophene rings is 1. The molecule has 2 heterocycles. The van der Waals surface area contributed by atoms with E-state index in [4.69, 9.17) is 0 Å². The highest BCUT2D eigenvalue weighted by Crippen LogP contribution is 2.24. The predicted molar refractivity (Wildman–Crippen MR) is 107 cm³/mol. The molecule has 1 aliphatic heterocycles. The van der Waals surface area contributed by atoms with Gasteiger partial charge in [0.05, 0.1) is 0 Å². The highest BCUT2D eigenvalue weighted by atomic mass is 32.1. The molecule has 1 aliphatic rings. The van der Waals surface area contributed by atoms with E-state index in [-0.39, 0.29) is 0 Å². The Morgan fingerprint density at radius 3 is 2.92 bits per heavy atom. The van der Waals surface area contributed by atoms with Crippen molar-refractivity contribution in [3.63, 3.8) is 0 Å². The zero-order valence-corrected chi connectivity index (χ0v) is 16.2. The van der Waals surface area contributed by atoms with Crippen molar-refractivity contribution >= 4 is 17.3 Å². The van der Waals surface area contributed by atoms with Gasteiger partial charge in [0.1, 0.15) is 0 Å². The third-order valence-corrected chi connectivity index (χ3v) is 5.98. The standard InChI is InChI=1S/C20H28N4S/c1-15-6-4-5-7-17(15)13-23-20(21-3)22-12-16(2)24-10-8-19-18(14-24)9-11-25-19/h4-7,9,11,16H,8,10,12-14H2,1-3H3,(H2,21,22,23). The number of hydrogen-bond donors (Lipinski definition) is 2. The first-order valence-electron chi connectivity index (χ1n) is 8.95. The van der Waals surface area contributed by atoms with Crippen LogP contribution in [0.4, 0.5) is 0 Å². The number of hydrogen-bond acceptors (Lipinski definition) is 3. The van der Waals surface area contributed by atoms with Crippen LogP contribution in [0.3, 0.4) is 0 Å². The van der Waals surface area contributed by atoms with Gasteiger partial charge >= 0.3 is 0 Å². The fraction of sp³-hybridized carbons (Fsp3) is 0.450. The summed E-state index contributed by atoms with van der Waals surface area (Å²) in [5.41, 5.74) is 4.11. The molecular weight excluding hydrogens is 328 g/mol. The van der Waals surface area contributed by atoms with E-state index in [0.717, 1.165) is 32.1 Å². The van der Waals surface area contributed by atoms with Gasteiger partial charge in [-0.1, -0.05) is 24.3 Å². The van der Waals surface area contributed by atoms with Crippen molar-refractivity contribution in [1.29, 1.82) is 0 Å². The van der Waals surface area contributed by atoms with E-state index in [0.29, 0.717) is 6.04 Å². The smallest absolute Gasteiger partial charge is 0.191 e. The molecule has 0 saturated carbocycles. The second-order valence-corrected chi connectivity index (χ2v) is 7.67. The van der Waals surface area contributed by atoms with Gasteiger partial charge in [-0.2, -0.15) is 0 Å². The van der Waals surface area contributed by atoms with Gasteiger partial charge in [-0.15, -0.1) is 11.3 Å². The van der Waals surface area contributed by atoms with Crippen LogP contribution in [-0.4, -0.2) is 37.0 Å². The molecular formula is C20H28N4S. The van der Waals surface area contributed by atoms with E-state index in [9.17, 15) is 0 Å². The Morgan fingerprint density at radius 2 is 2.12 bits per heavy atom. The summed E-state index contributed by atoms with van der Waals surface area (Å²) in [5.74, 6) is 0.864. The molecule has 0 fully saturated rings. The van der Waals surface area contributed by atoms with E-state index in [2.05, 4.69) is 70.1 Å². The first-order chi connectivity index (χ1) is 12.2. The highest BCUT2D eigenvalue weighted by Gasteiger charge is 2.21. The number of benzene rings is 1. The monoisotopic (exact) mass is 356 g/mol. The lowest BCUT2D eigenvalue weighted by molar-refractivity contribution is 0.192. The van der Waals surface area contributed by atoms with Crippen LogP contribution in [-0.2, 0) is 19.5 Å². The topological polar surface area (TPSA) is 39.7 Å². The largest absolute Gasteiger partial charge is 0.355 e. The van der Waals surface area contributed by atoms with Crippen molar-refractivity contribution in [3.8, 4) is 0 Å². The van der Waals surface area contributed by atoms with Crippen molar-refractivity contribution in [2.75, 3.05) is 20.1 Å². The maximum absolute atomic E-state index is 4.36. The zero-order chi connectivity index (χ0) is 17.6. The van der Waals surface area contributed by atoms with Crippen molar-refractivity contribution in [3.05, 3.63) is 57.3 Å². The fourth-order valence-electron chi connectivity index (χ4n) is 3.23. The summed E-state index contributed by atoms with van der Waals surface area (Å²) in [5, 5.41) is 9.11. The third kappa shape index (κ3) is 4.61. The van der Waals surface area contributed by atoms with Gasteiger partial charge < -0.3 is 10.6 Å². The normalized spacial score (nSPS) is 16.4. The summed E-state index contributed by atoms with van der Waals surface area (Å²) in [6.07, 6.45) is 1.18. The lowest BCUT2D eigenvalue weighted by atomic mass is 10.1. The van der Waals surface area contributed by atoms with Gasteiger partial charge in [0.2, 0.25) is 0 Å². The maximum atomic E-state index is 4.36. The summed E-state index contributed by atoms with van der Waals surface area (Å²) < 4.78 is 0. The fourth-order valence-corrected chi connectivity index (χ4v) is 4.12. The Morgan fingerprint density at radius 1 is 1.28 bits per heavy atom. The molecule has 4 nitrogen and oxygen atoms in total. The molecule has 1 aromatic heterocycles. The second kappa shape index (κ2) is 8.50. The summed E-state index contributed by atoms with van der Waals surface area (Å²) >= 11 is 1.90. The molecule has 0 bridgehead atoms. The average Bonchev–Trinajstić information content (AvgIpc) is 3.10. The van der Waals surface area contributed by atoms with Crippen molar-refractivity contribution in [2.24, 2.45) is 4.99 Å². The lowest BCUT2D eigenvalue weighted by Gasteiger charge is -2.32. The van der Waals surface area contributed by atoms with Crippen LogP contribution in [0.1, 0.15) is 28.5 Å². The van der Waals surface area contributed by atoms with Gasteiger partial charge in [0.15, 0.2) is 5.96 Å². The minimum absolute atomic E-state index is 0.477. The first-order valence-corrected chi connectivity index (χ1v) is 9.83. The Labute approximate surface area is 155 Å². The Bertz CT molecular complexity index is 722. The molecule has 0 amide bonds. The van der Waals surface area contributed by atoms with Crippen molar-refractivity contribution < 1.29 is 0 Å². The van der Waals surface area contributed by atoms with Gasteiger partial charge in [-0.05, 0) is 48.4 Å². The number of aliphatic imine (C=N–C) groups is 1. The van der Waals surface area contributed by atoms with Crippen LogP contribution in [0.25, 0.3) is 0 Å². The predicted octanol–water partition coefficient (Wildman–Crippen LogP) is 3.17. The minimum Gasteiger partial charge on any atom is -0.355 e. The SMILES string of the molecule is CN=C(NCc1ccccc1C)NCC(C)N1CCc2sccc2C1. The van der Waals surface area contributed by atoms with Gasteiger partial charge in [-0.25, -0.2) is 0 Å². The maximum Gasteiger partial charge on any atom is 0.191 e. The second-order valence-electron chi connectivity index (χ2n) is 6.67. The number of guanidine groups is 1. The number of nitrogens with zero attached hydrogens (tertiary/aromatic N) is 2. The summed E-state index contributed by atoms with van der Waals surface area (Å²) in [6.45, 7) is 8.33. The zero-order valence-electron chi connectivity index (χ0n) is 15.4. The van der Waals surface area contributed by atoms with Crippen LogP contribution >= 0.6 is 11.3 Å². The van der Waals surface area contributed by atoms with E-state index in [1.54, 1.807) is 4.88 Å². The molecule has 0 spiro atoms. The number of nitrogens with one attached hydrogen (secondary N) is 2. The van der Waals surface area contributed by atoms with E-state index >= 15 is 0 Å². The average molecular weight is 357 g/mol.